The molecule has 2 heterocycles. The van der Waals surface area contributed by atoms with E-state index in [1.807, 2.05) is 60.7 Å². The number of rotatable bonds is 6. The monoisotopic (exact) mass is 395 g/mol. The van der Waals surface area contributed by atoms with Crippen molar-refractivity contribution in [1.29, 1.82) is 0 Å². The maximum absolute atomic E-state index is 12.6. The van der Waals surface area contributed by atoms with Gasteiger partial charge < -0.3 is 10.3 Å². The third-order valence-electron chi connectivity index (χ3n) is 4.44. The van der Waals surface area contributed by atoms with Crippen molar-refractivity contribution in [3.8, 4) is 0 Å². The lowest BCUT2D eigenvalue weighted by molar-refractivity contribution is -0.121. The number of aromatic nitrogens is 2. The summed E-state index contributed by atoms with van der Waals surface area (Å²) in [4.78, 5) is 21.1. The number of amides is 1. The summed E-state index contributed by atoms with van der Waals surface area (Å²) >= 11 is 7.49. The highest BCUT2D eigenvalue weighted by molar-refractivity contribution is 7.16. The fourth-order valence-corrected chi connectivity index (χ4v) is 4.18. The van der Waals surface area contributed by atoms with Crippen molar-refractivity contribution in [3.05, 3.63) is 87.3 Å². The van der Waals surface area contributed by atoms with Gasteiger partial charge in [-0.15, -0.1) is 11.3 Å². The van der Waals surface area contributed by atoms with E-state index in [1.54, 1.807) is 6.33 Å². The van der Waals surface area contributed by atoms with Gasteiger partial charge in [-0.25, -0.2) is 4.98 Å². The normalized spacial score (nSPS) is 12.2. The molecular formula is C21H18ClN3OS. The molecular weight excluding hydrogens is 378 g/mol. The van der Waals surface area contributed by atoms with E-state index in [4.69, 9.17) is 11.6 Å². The van der Waals surface area contributed by atoms with Crippen LogP contribution in [0.5, 0.6) is 0 Å². The van der Waals surface area contributed by atoms with E-state index in [9.17, 15) is 4.79 Å². The number of benzene rings is 2. The van der Waals surface area contributed by atoms with Gasteiger partial charge in [-0.05, 0) is 41.8 Å². The molecule has 6 heteroatoms. The Morgan fingerprint density at radius 1 is 1.11 bits per heavy atom. The Hall–Kier alpha value is -2.63. The van der Waals surface area contributed by atoms with E-state index in [2.05, 4.69) is 15.3 Å². The molecule has 0 bridgehead atoms. The van der Waals surface area contributed by atoms with E-state index in [0.29, 0.717) is 12.8 Å². The SMILES string of the molecule is O=C(CCc1ccc(Cl)s1)NC(c1ccccc1)c1ccc2nc[nH]c2c1. The molecule has 2 aromatic carbocycles. The smallest absolute Gasteiger partial charge is 0.221 e. The number of imidazole rings is 1. The molecule has 27 heavy (non-hydrogen) atoms. The van der Waals surface area contributed by atoms with Crippen LogP contribution in [0.2, 0.25) is 4.34 Å². The number of hydrogen-bond acceptors (Lipinski definition) is 3. The van der Waals surface area contributed by atoms with Crippen molar-refractivity contribution < 1.29 is 4.79 Å². The molecule has 1 amide bonds. The first-order valence-electron chi connectivity index (χ1n) is 8.70. The van der Waals surface area contributed by atoms with Crippen molar-refractivity contribution in [2.24, 2.45) is 0 Å². The Morgan fingerprint density at radius 2 is 1.96 bits per heavy atom. The number of carbonyl (C=O) groups excluding carboxylic acids is 1. The second kappa shape index (κ2) is 7.94. The zero-order chi connectivity index (χ0) is 18.6. The van der Waals surface area contributed by atoms with E-state index >= 15 is 0 Å². The number of hydrogen-bond donors (Lipinski definition) is 2. The predicted molar refractivity (Wildman–Crippen MR) is 110 cm³/mol. The van der Waals surface area contributed by atoms with Crippen LogP contribution in [0.25, 0.3) is 11.0 Å². The Bertz CT molecular complexity index is 1060. The third kappa shape index (κ3) is 4.21. The lowest BCUT2D eigenvalue weighted by Crippen LogP contribution is -2.29. The first kappa shape index (κ1) is 17.8. The van der Waals surface area contributed by atoms with Crippen LogP contribution in [0, 0.1) is 0 Å². The van der Waals surface area contributed by atoms with E-state index < -0.39 is 0 Å². The number of nitrogens with one attached hydrogen (secondary N) is 2. The number of thiophene rings is 1. The summed E-state index contributed by atoms with van der Waals surface area (Å²) in [6.45, 7) is 0. The number of nitrogens with zero attached hydrogens (tertiary/aromatic N) is 1. The number of carbonyl (C=O) groups is 1. The molecule has 2 aromatic heterocycles. The molecule has 1 unspecified atom stereocenters. The quantitative estimate of drug-likeness (QED) is 0.476. The van der Waals surface area contributed by atoms with Crippen LogP contribution in [0.3, 0.4) is 0 Å². The van der Waals surface area contributed by atoms with E-state index in [0.717, 1.165) is 31.4 Å². The molecule has 4 rings (SSSR count). The highest BCUT2D eigenvalue weighted by atomic mass is 35.5. The molecule has 0 spiro atoms. The first-order chi connectivity index (χ1) is 13.2. The maximum atomic E-state index is 12.6. The van der Waals surface area contributed by atoms with Gasteiger partial charge in [0.1, 0.15) is 0 Å². The van der Waals surface area contributed by atoms with Crippen molar-refractivity contribution in [3.63, 3.8) is 0 Å². The van der Waals surface area contributed by atoms with Crippen molar-refractivity contribution >= 4 is 39.9 Å². The second-order valence-electron chi connectivity index (χ2n) is 6.30. The van der Waals surface area contributed by atoms with Gasteiger partial charge in [-0.1, -0.05) is 48.0 Å². The first-order valence-corrected chi connectivity index (χ1v) is 9.90. The standard InChI is InChI=1S/C21H18ClN3OS/c22-19-10-7-16(27-19)8-11-20(26)25-21(14-4-2-1-3-5-14)15-6-9-17-18(12-15)24-13-23-17/h1-7,9-10,12-13,21H,8,11H2,(H,23,24)(H,25,26). The molecule has 0 saturated heterocycles. The molecule has 1 atom stereocenters. The highest BCUT2D eigenvalue weighted by Crippen LogP contribution is 2.26. The minimum atomic E-state index is -0.210. The minimum absolute atomic E-state index is 0.0121. The Morgan fingerprint density at radius 3 is 2.74 bits per heavy atom. The molecule has 0 aliphatic heterocycles. The Balaban J connectivity index is 1.55. The van der Waals surface area contributed by atoms with Gasteiger partial charge in [0.15, 0.2) is 0 Å². The third-order valence-corrected chi connectivity index (χ3v) is 5.73. The van der Waals surface area contributed by atoms with E-state index in [1.165, 1.54) is 11.3 Å². The summed E-state index contributed by atoms with van der Waals surface area (Å²) in [5, 5.41) is 3.18. The Kier molecular flexibility index (Phi) is 5.23. The second-order valence-corrected chi connectivity index (χ2v) is 8.10. The van der Waals surface area contributed by atoms with Crippen LogP contribution in [0.4, 0.5) is 0 Å². The van der Waals surface area contributed by atoms with Gasteiger partial charge in [0, 0.05) is 11.3 Å². The maximum Gasteiger partial charge on any atom is 0.221 e. The molecule has 0 aliphatic rings. The van der Waals surface area contributed by atoms with Gasteiger partial charge in [0.05, 0.1) is 27.7 Å². The summed E-state index contributed by atoms with van der Waals surface area (Å²) < 4.78 is 0.750. The number of halogens is 1. The molecule has 4 nitrogen and oxygen atoms in total. The van der Waals surface area contributed by atoms with Gasteiger partial charge in [-0.3, -0.25) is 4.79 Å². The van der Waals surface area contributed by atoms with Crippen LogP contribution < -0.4 is 5.32 Å². The summed E-state index contributed by atoms with van der Waals surface area (Å²) in [7, 11) is 0. The van der Waals surface area contributed by atoms with Gasteiger partial charge >= 0.3 is 0 Å². The Labute approximate surface area is 166 Å². The summed E-state index contributed by atoms with van der Waals surface area (Å²) in [5.74, 6) is 0.0121. The van der Waals surface area contributed by atoms with Crippen molar-refractivity contribution in [1.82, 2.24) is 15.3 Å². The zero-order valence-corrected chi connectivity index (χ0v) is 16.1. The van der Waals surface area contributed by atoms with Crippen LogP contribution in [-0.4, -0.2) is 15.9 Å². The fraction of sp³-hybridized carbons (Fsp3) is 0.143. The molecule has 0 saturated carbocycles. The number of fused-ring (bicyclic) bond motifs is 1. The predicted octanol–water partition coefficient (Wildman–Crippen LogP) is 5.12. The molecule has 2 N–H and O–H groups in total. The number of H-pyrrole nitrogens is 1. The number of aromatic amines is 1. The van der Waals surface area contributed by atoms with Crippen LogP contribution in [-0.2, 0) is 11.2 Å². The molecule has 0 fully saturated rings. The average Bonchev–Trinajstić information content (AvgIpc) is 3.33. The summed E-state index contributed by atoms with van der Waals surface area (Å²) in [5.41, 5.74) is 3.93. The lowest BCUT2D eigenvalue weighted by Gasteiger charge is -2.20. The van der Waals surface area contributed by atoms with Crippen LogP contribution in [0.1, 0.15) is 28.5 Å². The molecule has 0 aliphatic carbocycles. The fourth-order valence-electron chi connectivity index (χ4n) is 3.09. The lowest BCUT2D eigenvalue weighted by atomic mass is 9.98. The summed E-state index contributed by atoms with van der Waals surface area (Å²) in [6.07, 6.45) is 2.79. The van der Waals surface area contributed by atoms with E-state index in [-0.39, 0.29) is 11.9 Å². The van der Waals surface area contributed by atoms with Crippen LogP contribution in [0.15, 0.2) is 67.0 Å². The van der Waals surface area contributed by atoms with Gasteiger partial charge in [0.25, 0.3) is 0 Å². The molecule has 136 valence electrons. The number of aryl methyl sites for hydroxylation is 1. The van der Waals surface area contributed by atoms with Crippen LogP contribution >= 0.6 is 22.9 Å². The topological polar surface area (TPSA) is 57.8 Å². The minimum Gasteiger partial charge on any atom is -0.345 e. The average molecular weight is 396 g/mol. The van der Waals surface area contributed by atoms with Gasteiger partial charge in [0.2, 0.25) is 5.91 Å². The van der Waals surface area contributed by atoms with Gasteiger partial charge in [-0.2, -0.15) is 0 Å². The molecule has 0 radical (unpaired) electrons. The van der Waals surface area contributed by atoms with Crippen molar-refractivity contribution in [2.75, 3.05) is 0 Å². The van der Waals surface area contributed by atoms with Crippen molar-refractivity contribution in [2.45, 2.75) is 18.9 Å². The molecule has 4 aromatic rings. The summed E-state index contributed by atoms with van der Waals surface area (Å²) in [6, 6.07) is 19.7. The highest BCUT2D eigenvalue weighted by Gasteiger charge is 2.17. The zero-order valence-electron chi connectivity index (χ0n) is 14.5. The largest absolute Gasteiger partial charge is 0.345 e.